The molecule has 6 heteroatoms. The number of hydrogen-bond acceptors (Lipinski definition) is 4. The Hall–Kier alpha value is -1.95. The van der Waals surface area contributed by atoms with Crippen LogP contribution in [0.25, 0.3) is 0 Å². The fraction of sp³-hybridized carbons (Fsp3) is 0.500. The second kappa shape index (κ2) is 6.89. The SMILES string of the molecule is CC(C)(C)C[C@@H]1CCc2[nH]nc(C(=O)N/N=C\c3cccs3)c2C1. The third-order valence-corrected chi connectivity index (χ3v) is 5.07. The van der Waals surface area contributed by atoms with Crippen LogP contribution < -0.4 is 5.43 Å². The summed E-state index contributed by atoms with van der Waals surface area (Å²) in [5.74, 6) is 0.369. The second-order valence-corrected chi connectivity index (χ2v) is 8.60. The molecular weight excluding hydrogens is 320 g/mol. The van der Waals surface area contributed by atoms with Gasteiger partial charge in [0, 0.05) is 16.1 Å². The minimum Gasteiger partial charge on any atom is -0.281 e. The van der Waals surface area contributed by atoms with Crippen molar-refractivity contribution in [3.05, 3.63) is 39.3 Å². The van der Waals surface area contributed by atoms with Crippen molar-refractivity contribution < 1.29 is 4.79 Å². The molecule has 1 aliphatic carbocycles. The smallest absolute Gasteiger partial charge is 0.281 e. The molecule has 5 nitrogen and oxygen atoms in total. The van der Waals surface area contributed by atoms with Crippen LogP contribution in [0.5, 0.6) is 0 Å². The largest absolute Gasteiger partial charge is 0.292 e. The zero-order chi connectivity index (χ0) is 17.2. The molecule has 3 rings (SSSR count). The lowest BCUT2D eigenvalue weighted by molar-refractivity contribution is 0.0948. The Balaban J connectivity index is 1.67. The van der Waals surface area contributed by atoms with E-state index in [1.807, 2.05) is 17.5 Å². The summed E-state index contributed by atoms with van der Waals surface area (Å²) in [5, 5.41) is 13.3. The lowest BCUT2D eigenvalue weighted by atomic mass is 9.76. The molecule has 2 heterocycles. The van der Waals surface area contributed by atoms with Crippen LogP contribution in [0.4, 0.5) is 0 Å². The maximum absolute atomic E-state index is 12.4. The molecule has 0 saturated heterocycles. The number of aryl methyl sites for hydroxylation is 1. The maximum atomic E-state index is 12.4. The first kappa shape index (κ1) is 16.9. The lowest BCUT2D eigenvalue weighted by Gasteiger charge is -2.28. The zero-order valence-electron chi connectivity index (χ0n) is 14.4. The molecule has 0 spiro atoms. The first-order valence-electron chi connectivity index (χ1n) is 8.35. The molecule has 2 N–H and O–H groups in total. The van der Waals surface area contributed by atoms with Crippen LogP contribution in [-0.2, 0) is 12.8 Å². The number of carbonyl (C=O) groups is 1. The van der Waals surface area contributed by atoms with Crippen molar-refractivity contribution in [2.24, 2.45) is 16.4 Å². The molecule has 128 valence electrons. The van der Waals surface area contributed by atoms with Crippen LogP contribution in [0.2, 0.25) is 0 Å². The van der Waals surface area contributed by atoms with Crippen molar-refractivity contribution in [3.63, 3.8) is 0 Å². The van der Waals surface area contributed by atoms with Gasteiger partial charge >= 0.3 is 0 Å². The predicted molar refractivity (Wildman–Crippen MR) is 97.6 cm³/mol. The van der Waals surface area contributed by atoms with Crippen molar-refractivity contribution in [2.75, 3.05) is 0 Å². The van der Waals surface area contributed by atoms with Crippen LogP contribution in [0.3, 0.4) is 0 Å². The predicted octanol–water partition coefficient (Wildman–Crippen LogP) is 3.78. The Labute approximate surface area is 146 Å². The number of hydrogen-bond donors (Lipinski definition) is 2. The fourth-order valence-electron chi connectivity index (χ4n) is 3.37. The summed E-state index contributed by atoms with van der Waals surface area (Å²) in [4.78, 5) is 13.4. The summed E-state index contributed by atoms with van der Waals surface area (Å²) in [5.41, 5.74) is 5.56. The highest BCUT2D eigenvalue weighted by atomic mass is 32.1. The Morgan fingerprint density at radius 3 is 3.08 bits per heavy atom. The van der Waals surface area contributed by atoms with E-state index in [2.05, 4.69) is 41.5 Å². The van der Waals surface area contributed by atoms with E-state index in [0.29, 0.717) is 17.0 Å². The number of H-pyrrole nitrogens is 1. The number of thiophene rings is 1. The number of fused-ring (bicyclic) bond motifs is 1. The van der Waals surface area contributed by atoms with Gasteiger partial charge in [0.25, 0.3) is 5.91 Å². The van der Waals surface area contributed by atoms with Crippen LogP contribution >= 0.6 is 11.3 Å². The molecule has 24 heavy (non-hydrogen) atoms. The molecule has 0 saturated carbocycles. The highest BCUT2D eigenvalue weighted by Gasteiger charge is 2.28. The van der Waals surface area contributed by atoms with Gasteiger partial charge in [0.2, 0.25) is 0 Å². The van der Waals surface area contributed by atoms with E-state index in [0.717, 1.165) is 41.8 Å². The summed E-state index contributed by atoms with van der Waals surface area (Å²) in [7, 11) is 0. The van der Waals surface area contributed by atoms with Gasteiger partial charge in [-0.3, -0.25) is 9.89 Å². The summed E-state index contributed by atoms with van der Waals surface area (Å²) in [6.07, 6.45) is 5.86. The van der Waals surface area contributed by atoms with Crippen LogP contribution in [-0.4, -0.2) is 22.3 Å². The number of aromatic nitrogens is 2. The van der Waals surface area contributed by atoms with Crippen molar-refractivity contribution in [1.29, 1.82) is 0 Å². The van der Waals surface area contributed by atoms with Crippen molar-refractivity contribution in [3.8, 4) is 0 Å². The van der Waals surface area contributed by atoms with Gasteiger partial charge in [-0.25, -0.2) is 5.43 Å². The molecule has 1 amide bonds. The zero-order valence-corrected chi connectivity index (χ0v) is 15.2. The first-order valence-corrected chi connectivity index (χ1v) is 9.23. The average molecular weight is 344 g/mol. The van der Waals surface area contributed by atoms with Gasteiger partial charge in [-0.15, -0.1) is 11.3 Å². The van der Waals surface area contributed by atoms with Crippen LogP contribution in [0, 0.1) is 11.3 Å². The number of nitrogens with one attached hydrogen (secondary N) is 2. The monoisotopic (exact) mass is 344 g/mol. The third-order valence-electron chi connectivity index (χ3n) is 4.27. The van der Waals surface area contributed by atoms with E-state index < -0.39 is 0 Å². The fourth-order valence-corrected chi connectivity index (χ4v) is 3.95. The second-order valence-electron chi connectivity index (χ2n) is 7.62. The molecule has 0 bridgehead atoms. The molecule has 1 aliphatic rings. The highest BCUT2D eigenvalue weighted by Crippen LogP contribution is 2.34. The minimum absolute atomic E-state index is 0.239. The van der Waals surface area contributed by atoms with E-state index >= 15 is 0 Å². The van der Waals surface area contributed by atoms with Gasteiger partial charge in [-0.05, 0) is 48.5 Å². The van der Waals surface area contributed by atoms with Gasteiger partial charge in [0.15, 0.2) is 5.69 Å². The number of hydrazone groups is 1. The number of nitrogens with zero attached hydrogens (tertiary/aromatic N) is 2. The van der Waals surface area contributed by atoms with E-state index in [9.17, 15) is 4.79 Å². The molecule has 0 fully saturated rings. The first-order chi connectivity index (χ1) is 11.4. The molecule has 0 aliphatic heterocycles. The quantitative estimate of drug-likeness (QED) is 0.654. The number of rotatable bonds is 4. The van der Waals surface area contributed by atoms with Crippen molar-refractivity contribution in [1.82, 2.24) is 15.6 Å². The molecule has 0 aromatic carbocycles. The molecular formula is C18H24N4OS. The third kappa shape index (κ3) is 4.12. The van der Waals surface area contributed by atoms with E-state index in [1.165, 1.54) is 0 Å². The Morgan fingerprint density at radius 2 is 2.38 bits per heavy atom. The standard InChI is InChI=1S/C18H24N4OS/c1-18(2,3)10-12-6-7-15-14(9-12)16(21-20-15)17(23)22-19-11-13-5-4-8-24-13/h4-5,8,11-12H,6-7,9-10H2,1-3H3,(H,20,21)(H,22,23)/b19-11-/t12-/m1/s1. The summed E-state index contributed by atoms with van der Waals surface area (Å²) in [6, 6.07) is 3.90. The van der Waals surface area contributed by atoms with E-state index in [4.69, 9.17) is 0 Å². The molecule has 1 atom stereocenters. The molecule has 0 unspecified atom stereocenters. The number of carbonyl (C=O) groups excluding carboxylic acids is 1. The van der Waals surface area contributed by atoms with Crippen molar-refractivity contribution >= 4 is 23.5 Å². The molecule has 2 aromatic heterocycles. The maximum Gasteiger partial charge on any atom is 0.292 e. The topological polar surface area (TPSA) is 70.1 Å². The van der Waals surface area contributed by atoms with Gasteiger partial charge in [0.05, 0.1) is 6.21 Å². The van der Waals surface area contributed by atoms with E-state index in [-0.39, 0.29) is 5.91 Å². The average Bonchev–Trinajstić information content (AvgIpc) is 3.14. The number of amides is 1. The van der Waals surface area contributed by atoms with Crippen molar-refractivity contribution in [2.45, 2.75) is 46.5 Å². The van der Waals surface area contributed by atoms with E-state index in [1.54, 1.807) is 17.6 Å². The lowest BCUT2D eigenvalue weighted by Crippen LogP contribution is -2.24. The van der Waals surface area contributed by atoms with Gasteiger partial charge < -0.3 is 0 Å². The number of aromatic amines is 1. The van der Waals surface area contributed by atoms with Gasteiger partial charge in [0.1, 0.15) is 0 Å². The van der Waals surface area contributed by atoms with Gasteiger partial charge in [-0.2, -0.15) is 10.2 Å². The molecule has 2 aromatic rings. The summed E-state index contributed by atoms with van der Waals surface area (Å²) in [6.45, 7) is 6.81. The summed E-state index contributed by atoms with van der Waals surface area (Å²) >= 11 is 1.58. The molecule has 0 radical (unpaired) electrons. The van der Waals surface area contributed by atoms with Crippen LogP contribution in [0.1, 0.15) is 60.2 Å². The Bertz CT molecular complexity index is 725. The minimum atomic E-state index is -0.239. The normalized spacial score (nSPS) is 17.9. The summed E-state index contributed by atoms with van der Waals surface area (Å²) < 4.78 is 0. The van der Waals surface area contributed by atoms with Crippen LogP contribution in [0.15, 0.2) is 22.6 Å². The highest BCUT2D eigenvalue weighted by molar-refractivity contribution is 7.11. The van der Waals surface area contributed by atoms with Gasteiger partial charge in [-0.1, -0.05) is 26.8 Å². The Morgan fingerprint density at radius 1 is 1.54 bits per heavy atom. The Kier molecular flexibility index (Phi) is 4.85.